The molecule has 2 atom stereocenters. The van der Waals surface area contributed by atoms with Crippen molar-refractivity contribution in [2.45, 2.75) is 48.5 Å². The average molecular weight is 525 g/mol. The lowest BCUT2D eigenvalue weighted by atomic mass is 9.82. The second kappa shape index (κ2) is 9.66. The van der Waals surface area contributed by atoms with Crippen LogP contribution in [0.2, 0.25) is 0 Å². The zero-order valence-electron chi connectivity index (χ0n) is 21.7. The molecule has 3 aromatic carbocycles. The fourth-order valence-electron chi connectivity index (χ4n) is 4.82. The number of nitrogens with one attached hydrogen (secondary N) is 1. The van der Waals surface area contributed by atoms with Gasteiger partial charge in [-0.3, -0.25) is 15.0 Å². The Kier molecular flexibility index (Phi) is 6.49. The van der Waals surface area contributed by atoms with Gasteiger partial charge in [-0.15, -0.1) is 11.8 Å². The number of nitriles is 1. The summed E-state index contributed by atoms with van der Waals surface area (Å²) in [7, 11) is 1.62. The summed E-state index contributed by atoms with van der Waals surface area (Å²) in [5.41, 5.74) is 2.31. The van der Waals surface area contributed by atoms with Gasteiger partial charge in [-0.25, -0.2) is 9.79 Å². The maximum absolute atomic E-state index is 14.0. The predicted octanol–water partition coefficient (Wildman–Crippen LogP) is 6.01. The third-order valence-electron chi connectivity index (χ3n) is 6.56. The molecule has 3 aromatic rings. The molecule has 0 aromatic heterocycles. The second-order valence-corrected chi connectivity index (χ2v) is 11.7. The van der Waals surface area contributed by atoms with E-state index in [9.17, 15) is 14.9 Å². The Morgan fingerprint density at radius 1 is 1.11 bits per heavy atom. The highest BCUT2D eigenvalue weighted by atomic mass is 32.2. The lowest BCUT2D eigenvalue weighted by Gasteiger charge is -2.36. The largest absolute Gasteiger partial charge is 0.444 e. The molecule has 0 fully saturated rings. The number of carbonyl (C=O) groups excluding carboxylic acids is 2. The van der Waals surface area contributed by atoms with Crippen LogP contribution in [0.15, 0.2) is 82.7 Å². The molecule has 5 rings (SSSR count). The predicted molar refractivity (Wildman–Crippen MR) is 148 cm³/mol. The topological polar surface area (TPSA) is 94.8 Å². The first-order chi connectivity index (χ1) is 18.1. The summed E-state index contributed by atoms with van der Waals surface area (Å²) in [6.45, 7) is 5.34. The Balaban J connectivity index is 1.62. The number of rotatable bonds is 2. The summed E-state index contributed by atoms with van der Waals surface area (Å²) in [6, 6.07) is 25.7. The van der Waals surface area contributed by atoms with Gasteiger partial charge < -0.3 is 4.74 Å². The van der Waals surface area contributed by atoms with Gasteiger partial charge in [0.1, 0.15) is 5.60 Å². The number of nitrogens with zero attached hydrogens (tertiary/aromatic N) is 3. The van der Waals surface area contributed by atoms with Gasteiger partial charge in [0.2, 0.25) is 5.96 Å². The van der Waals surface area contributed by atoms with E-state index in [4.69, 9.17) is 9.73 Å². The van der Waals surface area contributed by atoms with Gasteiger partial charge in [0, 0.05) is 29.2 Å². The Bertz CT molecular complexity index is 1490. The zero-order chi connectivity index (χ0) is 27.1. The molecule has 0 saturated carbocycles. The quantitative estimate of drug-likeness (QED) is 0.443. The van der Waals surface area contributed by atoms with Crippen molar-refractivity contribution >= 4 is 29.7 Å². The lowest BCUT2D eigenvalue weighted by Crippen LogP contribution is -2.45. The average Bonchev–Trinajstić information content (AvgIpc) is 3.12. The first-order valence-electron chi connectivity index (χ1n) is 12.3. The van der Waals surface area contributed by atoms with E-state index in [1.165, 1.54) is 4.90 Å². The number of fused-ring (bicyclic) bond motifs is 2. The van der Waals surface area contributed by atoms with E-state index in [0.717, 1.165) is 27.1 Å². The monoisotopic (exact) mass is 524 g/mol. The van der Waals surface area contributed by atoms with E-state index in [-0.39, 0.29) is 17.1 Å². The minimum absolute atomic E-state index is 0.0153. The Morgan fingerprint density at radius 2 is 1.84 bits per heavy atom. The van der Waals surface area contributed by atoms with Crippen LogP contribution in [0.3, 0.4) is 0 Å². The van der Waals surface area contributed by atoms with Crippen molar-refractivity contribution in [1.29, 1.82) is 5.26 Å². The van der Waals surface area contributed by atoms with Crippen LogP contribution in [0, 0.1) is 11.3 Å². The highest BCUT2D eigenvalue weighted by Crippen LogP contribution is 2.55. The van der Waals surface area contributed by atoms with Crippen molar-refractivity contribution in [3.8, 4) is 17.2 Å². The van der Waals surface area contributed by atoms with Gasteiger partial charge in [-0.1, -0.05) is 48.5 Å². The van der Waals surface area contributed by atoms with Crippen molar-refractivity contribution in [1.82, 2.24) is 10.2 Å². The first-order valence-corrected chi connectivity index (χ1v) is 13.2. The molecule has 7 nitrogen and oxygen atoms in total. The van der Waals surface area contributed by atoms with Crippen LogP contribution in [0.1, 0.15) is 49.1 Å². The highest BCUT2D eigenvalue weighted by Gasteiger charge is 2.53. The standard InChI is InChI=1S/C30H28N4O3S/c1-29(2,3)37-28(36)32-27-33-30(26(35)34(27)4)17-25(20-10-6-5-7-11-20)38-24-14-13-22(16-23(24)30)21-12-8-9-19(15-21)18-31/h5-16,25H,17H2,1-4H3,(H,32,33,36). The van der Waals surface area contributed by atoms with Crippen molar-refractivity contribution in [2.75, 3.05) is 7.05 Å². The van der Waals surface area contributed by atoms with Crippen LogP contribution >= 0.6 is 11.8 Å². The normalized spacial score (nSPS) is 20.5. The van der Waals surface area contributed by atoms with Crippen molar-refractivity contribution in [3.63, 3.8) is 0 Å². The molecule has 38 heavy (non-hydrogen) atoms. The Hall–Kier alpha value is -4.09. The van der Waals surface area contributed by atoms with Gasteiger partial charge in [0.05, 0.1) is 11.6 Å². The van der Waals surface area contributed by atoms with Crippen LogP contribution in [0.4, 0.5) is 4.79 Å². The van der Waals surface area contributed by atoms with E-state index in [1.807, 2.05) is 54.6 Å². The van der Waals surface area contributed by atoms with Gasteiger partial charge in [-0.05, 0) is 61.7 Å². The molecular formula is C30H28N4O3S. The van der Waals surface area contributed by atoms with E-state index in [0.29, 0.717) is 12.0 Å². The van der Waals surface area contributed by atoms with Crippen LogP contribution in [-0.4, -0.2) is 35.5 Å². The SMILES string of the molecule is CN1C(=O)C2(CC(c3ccccc3)Sc3ccc(-c4cccc(C#N)c4)cc32)N=C1NC(=O)OC(C)(C)C. The number of aliphatic imine (C=N–C) groups is 1. The summed E-state index contributed by atoms with van der Waals surface area (Å²) >= 11 is 1.70. The minimum atomic E-state index is -1.22. The third kappa shape index (κ3) is 4.77. The van der Waals surface area contributed by atoms with Crippen LogP contribution in [0.5, 0.6) is 0 Å². The second-order valence-electron chi connectivity index (χ2n) is 10.4. The van der Waals surface area contributed by atoms with Crippen molar-refractivity contribution < 1.29 is 14.3 Å². The molecule has 2 amide bonds. The van der Waals surface area contributed by atoms with Gasteiger partial charge in [-0.2, -0.15) is 5.26 Å². The Labute approximate surface area is 226 Å². The number of hydrogen-bond acceptors (Lipinski definition) is 6. The molecule has 0 aliphatic carbocycles. The summed E-state index contributed by atoms with van der Waals surface area (Å²) in [4.78, 5) is 33.9. The van der Waals surface area contributed by atoms with E-state index in [1.54, 1.807) is 45.6 Å². The number of alkyl carbamates (subject to hydrolysis) is 1. The number of thioether (sulfide) groups is 1. The molecule has 2 aliphatic rings. The lowest BCUT2D eigenvalue weighted by molar-refractivity contribution is -0.131. The highest BCUT2D eigenvalue weighted by molar-refractivity contribution is 7.99. The summed E-state index contributed by atoms with van der Waals surface area (Å²) in [5, 5.41) is 12.0. The number of benzene rings is 3. The zero-order valence-corrected chi connectivity index (χ0v) is 22.5. The third-order valence-corrected chi connectivity index (χ3v) is 7.89. The molecular weight excluding hydrogens is 496 g/mol. The fraction of sp³-hybridized carbons (Fsp3) is 0.267. The fourth-order valence-corrected chi connectivity index (χ4v) is 6.25. The molecule has 2 aliphatic heterocycles. The van der Waals surface area contributed by atoms with E-state index < -0.39 is 17.2 Å². The van der Waals surface area contributed by atoms with Crippen molar-refractivity contribution in [3.05, 3.63) is 89.5 Å². The van der Waals surface area contributed by atoms with Gasteiger partial charge in [0.15, 0.2) is 5.54 Å². The van der Waals surface area contributed by atoms with E-state index in [2.05, 4.69) is 23.5 Å². The molecule has 8 heteroatoms. The molecule has 0 bridgehead atoms. The number of likely N-dealkylation sites (N-methyl/N-ethyl adjacent to an activating group) is 1. The molecule has 1 N–H and O–H groups in total. The number of ether oxygens (including phenoxy) is 1. The van der Waals surface area contributed by atoms with Gasteiger partial charge in [0.25, 0.3) is 5.91 Å². The maximum Gasteiger partial charge on any atom is 0.414 e. The van der Waals surface area contributed by atoms with Gasteiger partial charge >= 0.3 is 6.09 Å². The molecule has 2 heterocycles. The maximum atomic E-state index is 14.0. The first kappa shape index (κ1) is 25.6. The minimum Gasteiger partial charge on any atom is -0.444 e. The molecule has 0 saturated heterocycles. The molecule has 2 unspecified atom stereocenters. The molecule has 1 spiro atoms. The summed E-state index contributed by atoms with van der Waals surface area (Å²) in [5.74, 6) is -0.0558. The summed E-state index contributed by atoms with van der Waals surface area (Å²) in [6.07, 6.45) is -0.237. The van der Waals surface area contributed by atoms with Crippen LogP contribution in [0.25, 0.3) is 11.1 Å². The number of guanidine groups is 1. The number of hydrogen-bond donors (Lipinski definition) is 1. The smallest absolute Gasteiger partial charge is 0.414 e. The number of amides is 2. The number of carbonyl (C=O) groups is 2. The molecule has 0 radical (unpaired) electrons. The van der Waals surface area contributed by atoms with E-state index >= 15 is 0 Å². The molecule has 192 valence electrons. The summed E-state index contributed by atoms with van der Waals surface area (Å²) < 4.78 is 5.42. The van der Waals surface area contributed by atoms with Crippen LogP contribution < -0.4 is 5.32 Å². The Morgan fingerprint density at radius 3 is 2.55 bits per heavy atom. The van der Waals surface area contributed by atoms with Crippen molar-refractivity contribution in [2.24, 2.45) is 4.99 Å². The van der Waals surface area contributed by atoms with Crippen LogP contribution in [-0.2, 0) is 15.1 Å².